The van der Waals surface area contributed by atoms with Crippen molar-refractivity contribution in [3.8, 4) is 0 Å². The van der Waals surface area contributed by atoms with E-state index in [4.69, 9.17) is 4.74 Å². The summed E-state index contributed by atoms with van der Waals surface area (Å²) in [6.07, 6.45) is 10.3. The molecule has 0 heterocycles. The van der Waals surface area contributed by atoms with E-state index >= 15 is 0 Å². The molecular formula is C22H38O3. The number of hydrogen-bond donors (Lipinski definition) is 1. The number of esters is 1. The molecule has 0 aromatic rings. The monoisotopic (exact) mass is 350 g/mol. The van der Waals surface area contributed by atoms with Gasteiger partial charge in [-0.1, -0.05) is 50.0 Å². The van der Waals surface area contributed by atoms with Gasteiger partial charge in [0, 0.05) is 0 Å². The molecule has 0 aliphatic heterocycles. The Hall–Kier alpha value is -1.09. The van der Waals surface area contributed by atoms with Gasteiger partial charge in [-0.05, 0) is 64.7 Å². The third kappa shape index (κ3) is 7.35. The highest BCUT2D eigenvalue weighted by Gasteiger charge is 2.31. The van der Waals surface area contributed by atoms with Crippen LogP contribution in [0.5, 0.6) is 0 Å². The van der Waals surface area contributed by atoms with Gasteiger partial charge < -0.3 is 9.84 Å². The van der Waals surface area contributed by atoms with Crippen LogP contribution in [0.25, 0.3) is 0 Å². The van der Waals surface area contributed by atoms with Crippen LogP contribution < -0.4 is 0 Å². The Bertz CT molecular complexity index is 490. The molecule has 3 heteroatoms. The Morgan fingerprint density at radius 1 is 1.28 bits per heavy atom. The van der Waals surface area contributed by atoms with Gasteiger partial charge in [-0.15, -0.1) is 0 Å². The minimum atomic E-state index is -1.01. The van der Waals surface area contributed by atoms with E-state index < -0.39 is 5.60 Å². The molecule has 0 aromatic carbocycles. The molecule has 0 spiro atoms. The quantitative estimate of drug-likeness (QED) is 0.404. The number of rotatable bonds is 10. The van der Waals surface area contributed by atoms with E-state index in [1.165, 1.54) is 11.1 Å². The summed E-state index contributed by atoms with van der Waals surface area (Å²) in [6, 6.07) is 0. The lowest BCUT2D eigenvalue weighted by Gasteiger charge is -2.31. The number of carbonyl (C=O) groups excluding carboxylic acids is 1. The van der Waals surface area contributed by atoms with Crippen LogP contribution in [-0.4, -0.2) is 23.3 Å². The minimum absolute atomic E-state index is 0.0796. The highest BCUT2D eigenvalue weighted by molar-refractivity contribution is 5.71. The summed E-state index contributed by atoms with van der Waals surface area (Å²) in [6.45, 7) is 11.2. The molecule has 0 radical (unpaired) electrons. The Balaban J connectivity index is 2.79. The average Bonchev–Trinajstić information content (AvgIpc) is 2.57. The molecule has 0 amide bonds. The van der Waals surface area contributed by atoms with Crippen LogP contribution >= 0.6 is 0 Å². The third-order valence-electron chi connectivity index (χ3n) is 5.56. The van der Waals surface area contributed by atoms with E-state index in [9.17, 15) is 9.90 Å². The molecule has 0 aromatic heterocycles. The summed E-state index contributed by atoms with van der Waals surface area (Å²) < 4.78 is 5.02. The standard InChI is InChI=1S/C22H38O3/c1-6-17(5)20(8-3)14-18(7-2)13-19-11-10-12-22(24,15-19)16-21(23)25-9-4/h15,18,24H,6-14,16H2,1-5H3/b20-17-. The zero-order valence-electron chi connectivity index (χ0n) is 17.0. The van der Waals surface area contributed by atoms with E-state index in [-0.39, 0.29) is 12.4 Å². The number of carbonyl (C=O) groups is 1. The highest BCUT2D eigenvalue weighted by atomic mass is 16.5. The summed E-state index contributed by atoms with van der Waals surface area (Å²) >= 11 is 0. The van der Waals surface area contributed by atoms with Gasteiger partial charge in [-0.2, -0.15) is 0 Å². The second-order valence-corrected chi connectivity index (χ2v) is 7.52. The summed E-state index contributed by atoms with van der Waals surface area (Å²) in [5.41, 5.74) is 3.42. The van der Waals surface area contributed by atoms with Gasteiger partial charge in [-0.25, -0.2) is 0 Å². The Labute approximate surface area is 154 Å². The van der Waals surface area contributed by atoms with Gasteiger partial charge in [0.15, 0.2) is 0 Å². The number of hydrogen-bond acceptors (Lipinski definition) is 3. The maximum atomic E-state index is 11.8. The van der Waals surface area contributed by atoms with Gasteiger partial charge in [0.1, 0.15) is 0 Å². The van der Waals surface area contributed by atoms with Crippen LogP contribution in [0.4, 0.5) is 0 Å². The van der Waals surface area contributed by atoms with Crippen molar-refractivity contribution in [2.45, 2.75) is 98.0 Å². The molecule has 1 aliphatic rings. The van der Waals surface area contributed by atoms with Crippen molar-refractivity contribution in [1.29, 1.82) is 0 Å². The molecule has 3 nitrogen and oxygen atoms in total. The second kappa shape index (κ2) is 10.8. The van der Waals surface area contributed by atoms with Crippen LogP contribution in [-0.2, 0) is 9.53 Å². The van der Waals surface area contributed by atoms with Gasteiger partial charge in [-0.3, -0.25) is 4.79 Å². The van der Waals surface area contributed by atoms with Crippen LogP contribution in [0.2, 0.25) is 0 Å². The van der Waals surface area contributed by atoms with E-state index in [0.29, 0.717) is 18.9 Å². The summed E-state index contributed by atoms with van der Waals surface area (Å²) in [5, 5.41) is 10.8. The van der Waals surface area contributed by atoms with Gasteiger partial charge >= 0.3 is 5.97 Å². The fourth-order valence-corrected chi connectivity index (χ4v) is 3.86. The largest absolute Gasteiger partial charge is 0.466 e. The molecule has 2 atom stereocenters. The van der Waals surface area contributed by atoms with Crippen LogP contribution in [0.3, 0.4) is 0 Å². The topological polar surface area (TPSA) is 46.5 Å². The molecular weight excluding hydrogens is 312 g/mol. The molecule has 1 rings (SSSR count). The van der Waals surface area contributed by atoms with Crippen molar-refractivity contribution in [3.05, 3.63) is 22.8 Å². The Morgan fingerprint density at radius 3 is 2.56 bits per heavy atom. The van der Waals surface area contributed by atoms with Gasteiger partial charge in [0.05, 0.1) is 18.6 Å². The maximum Gasteiger partial charge on any atom is 0.309 e. The Kier molecular flexibility index (Phi) is 9.48. The van der Waals surface area contributed by atoms with Crippen molar-refractivity contribution in [1.82, 2.24) is 0 Å². The van der Waals surface area contributed by atoms with E-state index in [1.54, 1.807) is 12.5 Å². The third-order valence-corrected chi connectivity index (χ3v) is 5.56. The van der Waals surface area contributed by atoms with E-state index in [1.807, 2.05) is 6.08 Å². The first-order chi connectivity index (χ1) is 11.9. The molecule has 0 bridgehead atoms. The molecule has 25 heavy (non-hydrogen) atoms. The van der Waals surface area contributed by atoms with E-state index in [2.05, 4.69) is 27.7 Å². The fourth-order valence-electron chi connectivity index (χ4n) is 3.86. The summed E-state index contributed by atoms with van der Waals surface area (Å²) in [5.74, 6) is 0.317. The molecule has 0 fully saturated rings. The lowest BCUT2D eigenvalue weighted by Crippen LogP contribution is -2.33. The molecule has 1 N–H and O–H groups in total. The average molecular weight is 351 g/mol. The predicted octanol–water partition coefficient (Wildman–Crippen LogP) is 5.72. The van der Waals surface area contributed by atoms with Crippen LogP contribution in [0, 0.1) is 5.92 Å². The molecule has 1 aliphatic carbocycles. The fraction of sp³-hybridized carbons (Fsp3) is 0.773. The number of aliphatic hydroxyl groups is 1. The zero-order chi connectivity index (χ0) is 18.9. The molecule has 0 saturated heterocycles. The highest BCUT2D eigenvalue weighted by Crippen LogP contribution is 2.35. The first-order valence-corrected chi connectivity index (χ1v) is 10.1. The predicted molar refractivity (Wildman–Crippen MR) is 104 cm³/mol. The van der Waals surface area contributed by atoms with Gasteiger partial charge in [0.25, 0.3) is 0 Å². The van der Waals surface area contributed by atoms with E-state index in [0.717, 1.165) is 44.9 Å². The van der Waals surface area contributed by atoms with Crippen molar-refractivity contribution < 1.29 is 14.6 Å². The molecule has 144 valence electrons. The SMILES string of the molecule is CCOC(=O)CC1(O)C=C(CC(CC)C/C(CC)=C(/C)CC)CCC1. The van der Waals surface area contributed by atoms with Crippen LogP contribution in [0.1, 0.15) is 92.4 Å². The first-order valence-electron chi connectivity index (χ1n) is 10.1. The number of ether oxygens (including phenoxy) is 1. The molecule has 2 unspecified atom stereocenters. The van der Waals surface area contributed by atoms with Crippen molar-refractivity contribution >= 4 is 5.97 Å². The van der Waals surface area contributed by atoms with Crippen molar-refractivity contribution in [3.63, 3.8) is 0 Å². The summed E-state index contributed by atoms with van der Waals surface area (Å²) in [4.78, 5) is 11.8. The lowest BCUT2D eigenvalue weighted by atomic mass is 9.79. The zero-order valence-corrected chi connectivity index (χ0v) is 17.0. The normalized spacial score (nSPS) is 22.9. The second-order valence-electron chi connectivity index (χ2n) is 7.52. The van der Waals surface area contributed by atoms with Crippen LogP contribution in [0.15, 0.2) is 22.8 Å². The Morgan fingerprint density at radius 2 is 2.00 bits per heavy atom. The maximum absolute atomic E-state index is 11.8. The summed E-state index contributed by atoms with van der Waals surface area (Å²) in [7, 11) is 0. The lowest BCUT2D eigenvalue weighted by molar-refractivity contribution is -0.147. The van der Waals surface area contributed by atoms with Crippen molar-refractivity contribution in [2.75, 3.05) is 6.61 Å². The minimum Gasteiger partial charge on any atom is -0.466 e. The van der Waals surface area contributed by atoms with Crippen molar-refractivity contribution in [2.24, 2.45) is 5.92 Å². The number of allylic oxidation sites excluding steroid dienone is 3. The molecule has 0 saturated carbocycles. The first kappa shape index (κ1) is 22.0. The van der Waals surface area contributed by atoms with Gasteiger partial charge in [0.2, 0.25) is 0 Å². The smallest absolute Gasteiger partial charge is 0.309 e.